The summed E-state index contributed by atoms with van der Waals surface area (Å²) < 4.78 is 4.91. The zero-order chi connectivity index (χ0) is 13.6. The standard InChI is InChI=1S/C12H22N2O4/c1-14(7-4-8-18-2)11(17)13-9-12(10(15)16)5-3-6-12/h3-9H2,1-2H3,(H,13,17)(H,15,16). The summed E-state index contributed by atoms with van der Waals surface area (Å²) in [5.41, 5.74) is -0.733. The normalized spacial score (nSPS) is 16.8. The van der Waals surface area contributed by atoms with Gasteiger partial charge in [0.05, 0.1) is 5.41 Å². The Morgan fingerprint density at radius 1 is 1.44 bits per heavy atom. The van der Waals surface area contributed by atoms with Crippen LogP contribution in [0.3, 0.4) is 0 Å². The topological polar surface area (TPSA) is 78.9 Å². The number of carbonyl (C=O) groups excluding carboxylic acids is 1. The maximum atomic E-state index is 11.7. The van der Waals surface area contributed by atoms with Crippen LogP contribution in [0.2, 0.25) is 0 Å². The van der Waals surface area contributed by atoms with Crippen LogP contribution in [0.4, 0.5) is 4.79 Å². The summed E-state index contributed by atoms with van der Waals surface area (Å²) in [6.45, 7) is 1.42. The van der Waals surface area contributed by atoms with E-state index < -0.39 is 11.4 Å². The summed E-state index contributed by atoms with van der Waals surface area (Å²) >= 11 is 0. The number of carbonyl (C=O) groups is 2. The van der Waals surface area contributed by atoms with E-state index in [-0.39, 0.29) is 12.6 Å². The molecule has 0 heterocycles. The van der Waals surface area contributed by atoms with Crippen molar-refractivity contribution in [2.24, 2.45) is 5.41 Å². The van der Waals surface area contributed by atoms with Crippen molar-refractivity contribution in [3.63, 3.8) is 0 Å². The van der Waals surface area contributed by atoms with E-state index >= 15 is 0 Å². The third-order valence-corrected chi connectivity index (χ3v) is 3.53. The van der Waals surface area contributed by atoms with Crippen molar-refractivity contribution in [1.82, 2.24) is 10.2 Å². The Kier molecular flexibility index (Phi) is 5.40. The number of urea groups is 1. The lowest BCUT2D eigenvalue weighted by Crippen LogP contribution is -2.50. The number of nitrogens with one attached hydrogen (secondary N) is 1. The van der Waals surface area contributed by atoms with Gasteiger partial charge in [-0.3, -0.25) is 4.79 Å². The van der Waals surface area contributed by atoms with Crippen LogP contribution in [0, 0.1) is 5.41 Å². The van der Waals surface area contributed by atoms with Gasteiger partial charge in [-0.15, -0.1) is 0 Å². The molecule has 0 aromatic rings. The molecule has 0 unspecified atom stereocenters. The van der Waals surface area contributed by atoms with E-state index in [0.717, 1.165) is 12.8 Å². The van der Waals surface area contributed by atoms with Crippen molar-refractivity contribution >= 4 is 12.0 Å². The first kappa shape index (κ1) is 14.8. The second-order valence-electron chi connectivity index (χ2n) is 4.87. The van der Waals surface area contributed by atoms with E-state index in [4.69, 9.17) is 9.84 Å². The third kappa shape index (κ3) is 3.60. The van der Waals surface area contributed by atoms with Gasteiger partial charge in [0.15, 0.2) is 0 Å². The number of aliphatic carboxylic acids is 1. The van der Waals surface area contributed by atoms with Crippen molar-refractivity contribution in [2.45, 2.75) is 25.7 Å². The summed E-state index contributed by atoms with van der Waals surface area (Å²) in [5.74, 6) is -0.809. The van der Waals surface area contributed by atoms with Crippen molar-refractivity contribution < 1.29 is 19.4 Å². The van der Waals surface area contributed by atoms with E-state index in [1.54, 1.807) is 19.1 Å². The van der Waals surface area contributed by atoms with Crippen LogP contribution in [0.25, 0.3) is 0 Å². The van der Waals surface area contributed by atoms with Gasteiger partial charge < -0.3 is 20.1 Å². The molecule has 0 radical (unpaired) electrons. The molecule has 6 heteroatoms. The molecule has 0 aromatic carbocycles. The Morgan fingerprint density at radius 2 is 2.11 bits per heavy atom. The number of amides is 2. The molecule has 104 valence electrons. The number of ether oxygens (including phenoxy) is 1. The summed E-state index contributed by atoms with van der Waals surface area (Å²) in [7, 11) is 3.31. The van der Waals surface area contributed by atoms with E-state index in [0.29, 0.717) is 26.0 Å². The van der Waals surface area contributed by atoms with E-state index in [9.17, 15) is 9.59 Å². The molecular weight excluding hydrogens is 236 g/mol. The second kappa shape index (κ2) is 6.58. The van der Waals surface area contributed by atoms with Crippen molar-refractivity contribution in [2.75, 3.05) is 33.9 Å². The zero-order valence-corrected chi connectivity index (χ0v) is 11.1. The first-order valence-electron chi connectivity index (χ1n) is 6.23. The maximum absolute atomic E-state index is 11.7. The summed E-state index contributed by atoms with van der Waals surface area (Å²) in [6.07, 6.45) is 2.99. The average Bonchev–Trinajstić information content (AvgIpc) is 2.27. The smallest absolute Gasteiger partial charge is 0.317 e. The van der Waals surface area contributed by atoms with Crippen LogP contribution in [0.1, 0.15) is 25.7 Å². The summed E-state index contributed by atoms with van der Waals surface area (Å²) in [5, 5.41) is 11.8. The molecule has 0 saturated heterocycles. The molecule has 2 N–H and O–H groups in total. The van der Waals surface area contributed by atoms with E-state index in [2.05, 4.69) is 5.32 Å². The molecule has 1 fully saturated rings. The van der Waals surface area contributed by atoms with Crippen LogP contribution < -0.4 is 5.32 Å². The molecule has 1 saturated carbocycles. The number of nitrogens with zero attached hydrogens (tertiary/aromatic N) is 1. The van der Waals surface area contributed by atoms with Crippen LogP contribution in [0.15, 0.2) is 0 Å². The Labute approximate surface area is 107 Å². The highest BCUT2D eigenvalue weighted by atomic mass is 16.5. The molecule has 0 bridgehead atoms. The van der Waals surface area contributed by atoms with E-state index in [1.165, 1.54) is 0 Å². The molecule has 2 amide bonds. The molecule has 1 rings (SSSR count). The Bertz CT molecular complexity index is 302. The maximum Gasteiger partial charge on any atom is 0.317 e. The lowest BCUT2D eigenvalue weighted by Gasteiger charge is -2.37. The zero-order valence-electron chi connectivity index (χ0n) is 11.1. The van der Waals surface area contributed by atoms with Gasteiger partial charge in [0.25, 0.3) is 0 Å². The fraction of sp³-hybridized carbons (Fsp3) is 0.833. The van der Waals surface area contributed by atoms with Gasteiger partial charge in [-0.2, -0.15) is 0 Å². The molecule has 6 nitrogen and oxygen atoms in total. The van der Waals surface area contributed by atoms with Gasteiger partial charge >= 0.3 is 12.0 Å². The quantitative estimate of drug-likeness (QED) is 0.665. The largest absolute Gasteiger partial charge is 0.481 e. The summed E-state index contributed by atoms with van der Waals surface area (Å²) in [6, 6.07) is -0.223. The Balaban J connectivity index is 2.29. The molecule has 1 aliphatic rings. The van der Waals surface area contributed by atoms with Crippen LogP contribution in [-0.4, -0.2) is 55.9 Å². The highest BCUT2D eigenvalue weighted by Gasteiger charge is 2.44. The molecule has 0 spiro atoms. The van der Waals surface area contributed by atoms with Crippen LogP contribution in [-0.2, 0) is 9.53 Å². The molecule has 0 aromatic heterocycles. The molecular formula is C12H22N2O4. The Hall–Kier alpha value is -1.30. The molecule has 0 aliphatic heterocycles. The predicted octanol–water partition coefficient (Wildman–Crippen LogP) is 0.919. The van der Waals surface area contributed by atoms with Gasteiger partial charge in [-0.25, -0.2) is 4.79 Å². The predicted molar refractivity (Wildman–Crippen MR) is 66.4 cm³/mol. The number of methoxy groups -OCH3 is 1. The minimum Gasteiger partial charge on any atom is -0.481 e. The SMILES string of the molecule is COCCCN(C)C(=O)NCC1(C(=O)O)CCC1. The summed E-state index contributed by atoms with van der Waals surface area (Å²) in [4.78, 5) is 24.4. The van der Waals surface area contributed by atoms with Crippen LogP contribution >= 0.6 is 0 Å². The fourth-order valence-electron chi connectivity index (χ4n) is 2.00. The Morgan fingerprint density at radius 3 is 2.56 bits per heavy atom. The number of rotatable bonds is 7. The minimum atomic E-state index is -0.809. The van der Waals surface area contributed by atoms with Gasteiger partial charge in [0.2, 0.25) is 0 Å². The van der Waals surface area contributed by atoms with E-state index in [1.807, 2.05) is 0 Å². The molecule has 0 atom stereocenters. The third-order valence-electron chi connectivity index (χ3n) is 3.53. The van der Waals surface area contributed by atoms with Crippen molar-refractivity contribution in [1.29, 1.82) is 0 Å². The van der Waals surface area contributed by atoms with Crippen molar-refractivity contribution in [3.8, 4) is 0 Å². The van der Waals surface area contributed by atoms with Gasteiger partial charge in [-0.1, -0.05) is 6.42 Å². The number of carboxylic acid groups (broad SMARTS) is 1. The van der Waals surface area contributed by atoms with Gasteiger partial charge in [-0.05, 0) is 19.3 Å². The first-order chi connectivity index (χ1) is 8.52. The second-order valence-corrected chi connectivity index (χ2v) is 4.87. The van der Waals surface area contributed by atoms with Gasteiger partial charge in [0, 0.05) is 33.9 Å². The fourth-order valence-corrected chi connectivity index (χ4v) is 2.00. The highest BCUT2D eigenvalue weighted by Crippen LogP contribution is 2.40. The lowest BCUT2D eigenvalue weighted by molar-refractivity contribution is -0.153. The van der Waals surface area contributed by atoms with Gasteiger partial charge in [0.1, 0.15) is 0 Å². The monoisotopic (exact) mass is 258 g/mol. The number of hydrogen-bond acceptors (Lipinski definition) is 3. The first-order valence-corrected chi connectivity index (χ1v) is 6.23. The molecule has 1 aliphatic carbocycles. The number of hydrogen-bond donors (Lipinski definition) is 2. The minimum absolute atomic E-state index is 0.218. The highest BCUT2D eigenvalue weighted by molar-refractivity contribution is 5.78. The lowest BCUT2D eigenvalue weighted by atomic mass is 9.69. The van der Waals surface area contributed by atoms with Crippen molar-refractivity contribution in [3.05, 3.63) is 0 Å². The van der Waals surface area contributed by atoms with Crippen LogP contribution in [0.5, 0.6) is 0 Å². The number of carboxylic acids is 1. The molecule has 18 heavy (non-hydrogen) atoms. The average molecular weight is 258 g/mol.